The van der Waals surface area contributed by atoms with Gasteiger partial charge in [0, 0.05) is 47.4 Å². The van der Waals surface area contributed by atoms with E-state index in [4.69, 9.17) is 4.74 Å². The molecule has 160 valence electrons. The summed E-state index contributed by atoms with van der Waals surface area (Å²) in [6, 6.07) is 3.95. The van der Waals surface area contributed by atoms with Crippen LogP contribution in [0.5, 0.6) is 0 Å². The van der Waals surface area contributed by atoms with E-state index in [1.54, 1.807) is 10.7 Å². The highest BCUT2D eigenvalue weighted by atomic mass is 32.1. The van der Waals surface area contributed by atoms with Crippen LogP contribution in [0.3, 0.4) is 0 Å². The number of aryl methyl sites for hydroxylation is 2. The fraction of sp³-hybridized carbons (Fsp3) is 0.381. The molecule has 1 N–H and O–H groups in total. The SMILES string of the molecule is Cc1cc(-c2csc(NC(=O)c3nc4nccc(C)n4n3)n2)c(C)n1C[C@@H]1CCCO1. The summed E-state index contributed by atoms with van der Waals surface area (Å²) in [6.07, 6.45) is 4.15. The van der Waals surface area contributed by atoms with Crippen LogP contribution in [0.25, 0.3) is 17.0 Å². The Bertz CT molecular complexity index is 1270. The number of thiazole rings is 1. The average molecular weight is 438 g/mol. The normalized spacial score (nSPS) is 16.3. The second-order valence-corrected chi connectivity index (χ2v) is 8.61. The maximum absolute atomic E-state index is 12.6. The molecule has 0 aliphatic carbocycles. The minimum Gasteiger partial charge on any atom is -0.376 e. The molecule has 4 aromatic rings. The number of amides is 1. The molecule has 0 radical (unpaired) electrons. The predicted octanol–water partition coefficient (Wildman–Crippen LogP) is 3.41. The van der Waals surface area contributed by atoms with Crippen LogP contribution in [0.1, 0.15) is 40.5 Å². The van der Waals surface area contributed by atoms with Gasteiger partial charge in [0.2, 0.25) is 5.82 Å². The number of hydrogen-bond acceptors (Lipinski definition) is 7. The Hall–Kier alpha value is -3.11. The highest BCUT2D eigenvalue weighted by Gasteiger charge is 2.21. The van der Waals surface area contributed by atoms with Crippen molar-refractivity contribution in [2.45, 2.75) is 46.3 Å². The van der Waals surface area contributed by atoms with Gasteiger partial charge in [-0.05, 0) is 45.7 Å². The van der Waals surface area contributed by atoms with E-state index in [-0.39, 0.29) is 11.9 Å². The molecule has 5 rings (SSSR count). The summed E-state index contributed by atoms with van der Waals surface area (Å²) >= 11 is 1.38. The van der Waals surface area contributed by atoms with E-state index in [0.717, 1.165) is 48.6 Å². The summed E-state index contributed by atoms with van der Waals surface area (Å²) < 4.78 is 9.64. The Morgan fingerprint density at radius 2 is 2.16 bits per heavy atom. The van der Waals surface area contributed by atoms with Gasteiger partial charge in [0.15, 0.2) is 5.13 Å². The first kappa shape index (κ1) is 19.8. The molecule has 5 heterocycles. The number of aromatic nitrogens is 6. The molecular formula is C21H23N7O2S. The third kappa shape index (κ3) is 3.72. The molecule has 1 amide bonds. The van der Waals surface area contributed by atoms with Crippen LogP contribution in [0, 0.1) is 20.8 Å². The smallest absolute Gasteiger partial charge is 0.297 e. The number of rotatable bonds is 5. The van der Waals surface area contributed by atoms with Crippen LogP contribution in [0.15, 0.2) is 23.7 Å². The van der Waals surface area contributed by atoms with Crippen molar-refractivity contribution < 1.29 is 9.53 Å². The van der Waals surface area contributed by atoms with E-state index in [9.17, 15) is 4.79 Å². The second kappa shape index (κ2) is 7.86. The van der Waals surface area contributed by atoms with E-state index in [2.05, 4.69) is 49.8 Å². The number of nitrogens with zero attached hydrogens (tertiary/aromatic N) is 6. The lowest BCUT2D eigenvalue weighted by atomic mass is 10.2. The summed E-state index contributed by atoms with van der Waals surface area (Å²) in [5.74, 6) is 0.0478. The van der Waals surface area contributed by atoms with Gasteiger partial charge in [-0.2, -0.15) is 4.98 Å². The molecule has 0 unspecified atom stereocenters. The predicted molar refractivity (Wildman–Crippen MR) is 117 cm³/mol. The Kier molecular flexibility index (Phi) is 5.03. The Labute approximate surface area is 183 Å². The van der Waals surface area contributed by atoms with Gasteiger partial charge in [0.1, 0.15) is 0 Å². The minimum atomic E-state index is -0.408. The van der Waals surface area contributed by atoms with Gasteiger partial charge in [0.25, 0.3) is 11.7 Å². The summed E-state index contributed by atoms with van der Waals surface area (Å²) in [5, 5.41) is 9.51. The lowest BCUT2D eigenvalue weighted by Gasteiger charge is -2.14. The topological polar surface area (TPSA) is 99.2 Å². The van der Waals surface area contributed by atoms with Crippen molar-refractivity contribution in [2.24, 2.45) is 0 Å². The highest BCUT2D eigenvalue weighted by molar-refractivity contribution is 7.14. The van der Waals surface area contributed by atoms with Crippen LogP contribution in [0.2, 0.25) is 0 Å². The van der Waals surface area contributed by atoms with Crippen LogP contribution >= 0.6 is 11.3 Å². The van der Waals surface area contributed by atoms with Crippen molar-refractivity contribution in [3.05, 3.63) is 46.6 Å². The van der Waals surface area contributed by atoms with Crippen molar-refractivity contribution in [3.8, 4) is 11.3 Å². The third-order valence-electron chi connectivity index (χ3n) is 5.62. The first-order valence-electron chi connectivity index (χ1n) is 10.2. The van der Waals surface area contributed by atoms with Crippen molar-refractivity contribution in [1.29, 1.82) is 0 Å². The summed E-state index contributed by atoms with van der Waals surface area (Å²) in [4.78, 5) is 25.6. The van der Waals surface area contributed by atoms with Crippen LogP contribution in [-0.4, -0.2) is 47.8 Å². The van der Waals surface area contributed by atoms with Gasteiger partial charge in [-0.1, -0.05) is 0 Å². The molecule has 1 aliphatic heterocycles. The molecule has 1 saturated heterocycles. The standard InChI is InChI=1S/C21H23N7O2S/c1-12-6-7-22-20-24-18(26-28(12)20)19(29)25-21-23-17(11-31-21)16-9-13(2)27(14(16)3)10-15-5-4-8-30-15/h6-7,9,11,15H,4-5,8,10H2,1-3H3,(H,23,25,29)/t15-/m0/s1. The number of fused-ring (bicyclic) bond motifs is 1. The fourth-order valence-corrected chi connectivity index (χ4v) is 4.65. The van der Waals surface area contributed by atoms with Crippen molar-refractivity contribution in [2.75, 3.05) is 11.9 Å². The summed E-state index contributed by atoms with van der Waals surface area (Å²) in [6.45, 7) is 7.80. The molecule has 0 bridgehead atoms. The first-order chi connectivity index (χ1) is 15.0. The molecule has 31 heavy (non-hydrogen) atoms. The fourth-order valence-electron chi connectivity index (χ4n) is 3.94. The number of hydrogen-bond donors (Lipinski definition) is 1. The zero-order valence-electron chi connectivity index (χ0n) is 17.6. The molecule has 10 heteroatoms. The number of carbonyl (C=O) groups excluding carboxylic acids is 1. The molecule has 9 nitrogen and oxygen atoms in total. The van der Waals surface area contributed by atoms with E-state index in [1.807, 2.05) is 18.4 Å². The third-order valence-corrected chi connectivity index (χ3v) is 6.38. The number of nitrogens with one attached hydrogen (secondary N) is 1. The average Bonchev–Trinajstić information content (AvgIpc) is 3.52. The Morgan fingerprint density at radius 3 is 2.94 bits per heavy atom. The first-order valence-corrected chi connectivity index (χ1v) is 11.1. The van der Waals surface area contributed by atoms with Gasteiger partial charge in [0.05, 0.1) is 11.8 Å². The summed E-state index contributed by atoms with van der Waals surface area (Å²) in [7, 11) is 0. The van der Waals surface area contributed by atoms with Crippen molar-refractivity contribution in [1.82, 2.24) is 29.1 Å². The molecule has 0 saturated carbocycles. The van der Waals surface area contributed by atoms with Gasteiger partial charge in [-0.15, -0.1) is 16.4 Å². The maximum Gasteiger partial charge on any atom is 0.297 e. The quantitative estimate of drug-likeness (QED) is 0.514. The van der Waals surface area contributed by atoms with E-state index >= 15 is 0 Å². The van der Waals surface area contributed by atoms with Crippen LogP contribution in [-0.2, 0) is 11.3 Å². The lowest BCUT2D eigenvalue weighted by molar-refractivity contribution is 0.0962. The number of carbonyl (C=O) groups is 1. The number of ether oxygens (including phenoxy) is 1. The lowest BCUT2D eigenvalue weighted by Crippen LogP contribution is -2.16. The van der Waals surface area contributed by atoms with E-state index < -0.39 is 5.91 Å². The molecular weight excluding hydrogens is 414 g/mol. The van der Waals surface area contributed by atoms with Gasteiger partial charge in [-0.3, -0.25) is 10.1 Å². The minimum absolute atomic E-state index is 0.0632. The van der Waals surface area contributed by atoms with E-state index in [1.165, 1.54) is 17.0 Å². The molecule has 4 aromatic heterocycles. The Morgan fingerprint density at radius 1 is 1.29 bits per heavy atom. The van der Waals surface area contributed by atoms with Gasteiger partial charge >= 0.3 is 0 Å². The van der Waals surface area contributed by atoms with E-state index in [0.29, 0.717) is 10.9 Å². The Balaban J connectivity index is 1.35. The number of anilines is 1. The van der Waals surface area contributed by atoms with Crippen LogP contribution in [0.4, 0.5) is 5.13 Å². The largest absolute Gasteiger partial charge is 0.376 e. The van der Waals surface area contributed by atoms with Crippen LogP contribution < -0.4 is 5.32 Å². The van der Waals surface area contributed by atoms with Crippen molar-refractivity contribution >= 4 is 28.2 Å². The molecule has 1 aliphatic rings. The molecule has 0 aromatic carbocycles. The molecule has 1 atom stereocenters. The highest BCUT2D eigenvalue weighted by Crippen LogP contribution is 2.31. The van der Waals surface area contributed by atoms with Gasteiger partial charge < -0.3 is 9.30 Å². The van der Waals surface area contributed by atoms with Crippen molar-refractivity contribution in [3.63, 3.8) is 0 Å². The maximum atomic E-state index is 12.6. The van der Waals surface area contributed by atoms with Gasteiger partial charge in [-0.25, -0.2) is 14.5 Å². The molecule has 1 fully saturated rings. The second-order valence-electron chi connectivity index (χ2n) is 7.76. The zero-order valence-corrected chi connectivity index (χ0v) is 18.4. The zero-order chi connectivity index (χ0) is 21.5. The molecule has 0 spiro atoms. The summed E-state index contributed by atoms with van der Waals surface area (Å²) in [5.41, 5.74) is 5.09. The monoisotopic (exact) mass is 437 g/mol.